The fourth-order valence-electron chi connectivity index (χ4n) is 3.16. The molecule has 0 aliphatic carbocycles. The summed E-state index contributed by atoms with van der Waals surface area (Å²) in [6.07, 6.45) is 2.40. The van der Waals surface area contributed by atoms with Crippen LogP contribution in [0.5, 0.6) is 0 Å². The van der Waals surface area contributed by atoms with Crippen molar-refractivity contribution in [2.75, 3.05) is 11.1 Å². The first kappa shape index (κ1) is 22.1. The number of nitrogens with one attached hydrogen (secondary N) is 1. The molecular weight excluding hydrogens is 424 g/mol. The molecule has 0 bridgehead atoms. The molecule has 0 spiro atoms. The third kappa shape index (κ3) is 4.60. The quantitative estimate of drug-likeness (QED) is 0.587. The number of aromatic nitrogens is 3. The molecule has 0 radical (unpaired) electrons. The summed E-state index contributed by atoms with van der Waals surface area (Å²) >= 11 is 7.16. The molecule has 2 heterocycles. The summed E-state index contributed by atoms with van der Waals surface area (Å²) in [6, 6.07) is 6.85. The number of fused-ring (bicyclic) bond motifs is 1. The number of hydrogen-bond donors (Lipinski definition) is 1. The Morgan fingerprint density at radius 3 is 2.47 bits per heavy atom. The van der Waals surface area contributed by atoms with Crippen LogP contribution in [0, 0.1) is 5.92 Å². The number of aryl methyl sites for hydroxylation is 1. The van der Waals surface area contributed by atoms with Gasteiger partial charge in [0.25, 0.3) is 5.56 Å². The zero-order chi connectivity index (χ0) is 22.0. The Hall–Kier alpha value is -2.58. The Morgan fingerprint density at radius 2 is 1.83 bits per heavy atom. The summed E-state index contributed by atoms with van der Waals surface area (Å²) in [5.41, 5.74) is 0.999. The molecule has 9 heteroatoms. The molecule has 0 atom stereocenters. The van der Waals surface area contributed by atoms with Crippen LogP contribution in [0.1, 0.15) is 19.4 Å². The number of thioether (sulfide) groups is 1. The van der Waals surface area contributed by atoms with Crippen molar-refractivity contribution in [1.29, 1.82) is 0 Å². The number of hydrogen-bond acceptors (Lipinski definition) is 5. The van der Waals surface area contributed by atoms with Crippen molar-refractivity contribution in [2.45, 2.75) is 25.2 Å². The Kier molecular flexibility index (Phi) is 6.67. The number of rotatable bonds is 6. The maximum Gasteiger partial charge on any atom is 0.332 e. The van der Waals surface area contributed by atoms with Crippen molar-refractivity contribution in [3.8, 4) is 0 Å². The van der Waals surface area contributed by atoms with E-state index in [1.807, 2.05) is 0 Å². The molecule has 1 aromatic carbocycles. The Morgan fingerprint density at radius 1 is 1.17 bits per heavy atom. The molecule has 0 saturated heterocycles. The lowest BCUT2D eigenvalue weighted by molar-refractivity contribution is -0.113. The highest BCUT2D eigenvalue weighted by molar-refractivity contribution is 8.00. The molecule has 0 saturated carbocycles. The lowest BCUT2D eigenvalue weighted by Gasteiger charge is -2.15. The minimum Gasteiger partial charge on any atom is -0.325 e. The van der Waals surface area contributed by atoms with Crippen molar-refractivity contribution in [2.24, 2.45) is 20.0 Å². The van der Waals surface area contributed by atoms with Crippen LogP contribution in [0.15, 0.2) is 44.9 Å². The molecule has 1 amide bonds. The molecule has 3 aromatic rings. The minimum atomic E-state index is -0.437. The fraction of sp³-hybridized carbons (Fsp3) is 0.333. The summed E-state index contributed by atoms with van der Waals surface area (Å²) in [5.74, 6) is 0.242. The first-order chi connectivity index (χ1) is 14.2. The average molecular weight is 447 g/mol. The summed E-state index contributed by atoms with van der Waals surface area (Å²) in [4.78, 5) is 42.8. The molecule has 0 unspecified atom stereocenters. The van der Waals surface area contributed by atoms with E-state index in [0.717, 1.165) is 10.1 Å². The van der Waals surface area contributed by atoms with Gasteiger partial charge in [-0.2, -0.15) is 0 Å². The molecule has 0 fully saturated rings. The van der Waals surface area contributed by atoms with Crippen LogP contribution < -0.4 is 16.6 Å². The van der Waals surface area contributed by atoms with Gasteiger partial charge in [-0.15, -0.1) is 11.8 Å². The second kappa shape index (κ2) is 9.06. The zero-order valence-corrected chi connectivity index (χ0v) is 18.8. The molecule has 0 aliphatic rings. The number of halogens is 1. The van der Waals surface area contributed by atoms with E-state index in [2.05, 4.69) is 24.1 Å². The number of pyridine rings is 1. The fourth-order valence-corrected chi connectivity index (χ4v) is 4.28. The van der Waals surface area contributed by atoms with E-state index in [1.54, 1.807) is 37.5 Å². The first-order valence-electron chi connectivity index (χ1n) is 9.44. The highest BCUT2D eigenvalue weighted by Crippen LogP contribution is 2.30. The number of amides is 1. The Labute approximate surface area is 183 Å². The molecule has 2 aromatic heterocycles. The lowest BCUT2D eigenvalue weighted by atomic mass is 10.0. The van der Waals surface area contributed by atoms with Crippen molar-refractivity contribution in [1.82, 2.24) is 14.1 Å². The third-order valence-corrected chi connectivity index (χ3v) is 6.01. The van der Waals surface area contributed by atoms with Gasteiger partial charge in [-0.1, -0.05) is 25.4 Å². The number of carbonyl (C=O) groups is 1. The predicted octanol–water partition coefficient (Wildman–Crippen LogP) is 3.21. The van der Waals surface area contributed by atoms with Crippen molar-refractivity contribution in [3.05, 3.63) is 61.9 Å². The molecule has 158 valence electrons. The van der Waals surface area contributed by atoms with Crippen LogP contribution in [0.25, 0.3) is 11.0 Å². The first-order valence-corrected chi connectivity index (χ1v) is 10.8. The second-order valence-corrected chi connectivity index (χ2v) is 8.88. The molecule has 0 aliphatic heterocycles. The maximum absolute atomic E-state index is 12.9. The Balaban J connectivity index is 1.99. The van der Waals surface area contributed by atoms with Crippen LogP contribution in [0.2, 0.25) is 5.02 Å². The summed E-state index contributed by atoms with van der Waals surface area (Å²) in [7, 11) is 3.03. The van der Waals surface area contributed by atoms with E-state index in [1.165, 1.54) is 23.4 Å². The number of benzene rings is 1. The van der Waals surface area contributed by atoms with Gasteiger partial charge in [0.05, 0.1) is 11.1 Å². The lowest BCUT2D eigenvalue weighted by Crippen LogP contribution is -2.37. The van der Waals surface area contributed by atoms with Crippen LogP contribution in [0.4, 0.5) is 5.69 Å². The average Bonchev–Trinajstić information content (AvgIpc) is 2.70. The van der Waals surface area contributed by atoms with Gasteiger partial charge in [-0.3, -0.25) is 18.7 Å². The monoisotopic (exact) mass is 446 g/mol. The smallest absolute Gasteiger partial charge is 0.325 e. The number of carbonyl (C=O) groups excluding carboxylic acids is 1. The van der Waals surface area contributed by atoms with Crippen LogP contribution in [0.3, 0.4) is 0 Å². The highest BCUT2D eigenvalue weighted by atomic mass is 35.5. The van der Waals surface area contributed by atoms with Gasteiger partial charge in [0.15, 0.2) is 0 Å². The normalized spacial score (nSPS) is 11.3. The summed E-state index contributed by atoms with van der Waals surface area (Å²) in [6.45, 7) is 4.15. The molecule has 1 N–H and O–H groups in total. The third-order valence-electron chi connectivity index (χ3n) is 4.60. The standard InChI is InChI=1S/C21H23ClN4O3S/c1-12(2)9-13-10-23-19-17(20(28)26(4)21(29)25(19)3)18(13)30-11-16(27)24-15-7-5-14(22)6-8-15/h5-8,10,12H,9,11H2,1-4H3,(H,24,27). The second-order valence-electron chi connectivity index (χ2n) is 7.46. The number of nitrogens with zero attached hydrogens (tertiary/aromatic N) is 3. The molecule has 3 rings (SSSR count). The molecular formula is C21H23ClN4O3S. The SMILES string of the molecule is CC(C)Cc1cnc2c(c1SCC(=O)Nc1ccc(Cl)cc1)c(=O)n(C)c(=O)n2C. The summed E-state index contributed by atoms with van der Waals surface area (Å²) < 4.78 is 2.43. The minimum absolute atomic E-state index is 0.110. The van der Waals surface area contributed by atoms with Crippen LogP contribution in [-0.2, 0) is 25.3 Å². The predicted molar refractivity (Wildman–Crippen MR) is 122 cm³/mol. The largest absolute Gasteiger partial charge is 0.332 e. The van der Waals surface area contributed by atoms with E-state index in [0.29, 0.717) is 39.0 Å². The maximum atomic E-state index is 12.9. The van der Waals surface area contributed by atoms with E-state index in [9.17, 15) is 14.4 Å². The van der Waals surface area contributed by atoms with Gasteiger partial charge in [-0.25, -0.2) is 9.78 Å². The van der Waals surface area contributed by atoms with Gasteiger partial charge in [-0.05, 0) is 42.2 Å². The number of anilines is 1. The van der Waals surface area contributed by atoms with Crippen molar-refractivity contribution in [3.63, 3.8) is 0 Å². The zero-order valence-electron chi connectivity index (χ0n) is 17.2. The van der Waals surface area contributed by atoms with E-state index in [4.69, 9.17) is 11.6 Å². The van der Waals surface area contributed by atoms with Gasteiger partial charge in [0.1, 0.15) is 5.65 Å². The highest BCUT2D eigenvalue weighted by Gasteiger charge is 2.19. The Bertz CT molecular complexity index is 1220. The van der Waals surface area contributed by atoms with Crippen molar-refractivity contribution >= 4 is 46.0 Å². The van der Waals surface area contributed by atoms with Crippen LogP contribution in [-0.4, -0.2) is 25.8 Å². The van der Waals surface area contributed by atoms with Gasteiger partial charge in [0, 0.05) is 35.9 Å². The van der Waals surface area contributed by atoms with Gasteiger partial charge in [0.2, 0.25) is 5.91 Å². The van der Waals surface area contributed by atoms with E-state index in [-0.39, 0.29) is 11.7 Å². The summed E-state index contributed by atoms with van der Waals surface area (Å²) in [5, 5.41) is 3.77. The van der Waals surface area contributed by atoms with Crippen molar-refractivity contribution < 1.29 is 4.79 Å². The van der Waals surface area contributed by atoms with Crippen LogP contribution >= 0.6 is 23.4 Å². The topological polar surface area (TPSA) is 86.0 Å². The molecule has 30 heavy (non-hydrogen) atoms. The van der Waals surface area contributed by atoms with E-state index >= 15 is 0 Å². The van der Waals surface area contributed by atoms with E-state index < -0.39 is 11.2 Å². The molecule has 7 nitrogen and oxygen atoms in total. The van der Waals surface area contributed by atoms with Gasteiger partial charge < -0.3 is 5.32 Å². The van der Waals surface area contributed by atoms with Gasteiger partial charge >= 0.3 is 5.69 Å².